The summed E-state index contributed by atoms with van der Waals surface area (Å²) in [6.07, 6.45) is 1.12. The fraction of sp³-hybridized carbons (Fsp3) is 0.533. The lowest BCUT2D eigenvalue weighted by Gasteiger charge is -2.30. The number of benzene rings is 1. The maximum absolute atomic E-state index is 12.4. The van der Waals surface area contributed by atoms with Gasteiger partial charge in [0.25, 0.3) is 0 Å². The molecule has 0 unspecified atom stereocenters. The summed E-state index contributed by atoms with van der Waals surface area (Å²) in [5, 5.41) is 0. The van der Waals surface area contributed by atoms with Crippen LogP contribution in [-0.2, 0) is 19.6 Å². The van der Waals surface area contributed by atoms with E-state index in [1.807, 2.05) is 19.9 Å². The Morgan fingerprint density at radius 3 is 2.23 bits per heavy atom. The Morgan fingerprint density at radius 2 is 1.73 bits per heavy atom. The van der Waals surface area contributed by atoms with Crippen molar-refractivity contribution in [2.45, 2.75) is 13.8 Å². The normalized spacial score (nSPS) is 15.7. The number of anilines is 1. The molecule has 1 aromatic carbocycles. The molecule has 6 nitrogen and oxygen atoms in total. The number of sulfonamides is 1. The first kappa shape index (κ1) is 16.8. The average Bonchev–Trinajstić information content (AvgIpc) is 2.43. The number of carbonyl (C=O) groups excluding carboxylic acids is 1. The summed E-state index contributed by atoms with van der Waals surface area (Å²) < 4.78 is 30.6. The highest BCUT2D eigenvalue weighted by Crippen LogP contribution is 2.21. The van der Waals surface area contributed by atoms with Crippen molar-refractivity contribution in [2.75, 3.05) is 43.4 Å². The zero-order valence-corrected chi connectivity index (χ0v) is 14.0. The first-order valence-electron chi connectivity index (χ1n) is 7.19. The minimum absolute atomic E-state index is 0.179. The molecule has 1 fully saturated rings. The summed E-state index contributed by atoms with van der Waals surface area (Å²) in [6.45, 7) is 5.62. The van der Waals surface area contributed by atoms with E-state index in [2.05, 4.69) is 0 Å². The summed E-state index contributed by atoms with van der Waals surface area (Å²) in [4.78, 5) is 14.0. The number of morpholine rings is 1. The van der Waals surface area contributed by atoms with Crippen molar-refractivity contribution in [1.29, 1.82) is 0 Å². The van der Waals surface area contributed by atoms with Gasteiger partial charge < -0.3 is 9.64 Å². The minimum atomic E-state index is -3.53. The van der Waals surface area contributed by atoms with Crippen LogP contribution in [0.2, 0.25) is 0 Å². The third-order valence-corrected chi connectivity index (χ3v) is 4.68. The van der Waals surface area contributed by atoms with Crippen molar-refractivity contribution >= 4 is 21.6 Å². The summed E-state index contributed by atoms with van der Waals surface area (Å²) in [5.74, 6) is -0.201. The molecule has 1 aliphatic heterocycles. The van der Waals surface area contributed by atoms with E-state index in [1.54, 1.807) is 17.0 Å². The van der Waals surface area contributed by atoms with Gasteiger partial charge in [-0.15, -0.1) is 0 Å². The molecule has 1 aromatic rings. The van der Waals surface area contributed by atoms with E-state index in [1.165, 1.54) is 4.31 Å². The Kier molecular flexibility index (Phi) is 5.08. The van der Waals surface area contributed by atoms with E-state index in [-0.39, 0.29) is 12.5 Å². The maximum atomic E-state index is 12.4. The second-order valence-corrected chi connectivity index (χ2v) is 7.52. The van der Waals surface area contributed by atoms with Gasteiger partial charge in [-0.2, -0.15) is 0 Å². The van der Waals surface area contributed by atoms with Crippen LogP contribution in [0.4, 0.5) is 5.69 Å². The Balaban J connectivity index is 2.25. The zero-order valence-electron chi connectivity index (χ0n) is 13.2. The fourth-order valence-corrected chi connectivity index (χ4v) is 3.36. The highest BCUT2D eigenvalue weighted by atomic mass is 32.2. The van der Waals surface area contributed by atoms with Gasteiger partial charge in [-0.3, -0.25) is 9.10 Å². The SMILES string of the molecule is Cc1cc(C)cc(N(CC(=O)N2CCOCC2)S(C)(=O)=O)c1. The smallest absolute Gasteiger partial charge is 0.243 e. The van der Waals surface area contributed by atoms with Gasteiger partial charge >= 0.3 is 0 Å². The van der Waals surface area contributed by atoms with Crippen molar-refractivity contribution in [3.05, 3.63) is 29.3 Å². The van der Waals surface area contributed by atoms with Gasteiger partial charge in [-0.05, 0) is 37.1 Å². The van der Waals surface area contributed by atoms with Crippen LogP contribution in [-0.4, -0.2) is 58.3 Å². The molecular weight excluding hydrogens is 304 g/mol. The first-order valence-corrected chi connectivity index (χ1v) is 9.04. The second kappa shape index (κ2) is 6.66. The highest BCUT2D eigenvalue weighted by molar-refractivity contribution is 7.92. The van der Waals surface area contributed by atoms with E-state index in [4.69, 9.17) is 4.74 Å². The predicted molar refractivity (Wildman–Crippen MR) is 85.5 cm³/mol. The number of hydrogen-bond donors (Lipinski definition) is 0. The van der Waals surface area contributed by atoms with Crippen LogP contribution in [0.1, 0.15) is 11.1 Å². The largest absolute Gasteiger partial charge is 0.378 e. The molecule has 1 saturated heterocycles. The lowest BCUT2D eigenvalue weighted by Crippen LogP contribution is -2.47. The van der Waals surface area contributed by atoms with E-state index < -0.39 is 10.0 Å². The minimum Gasteiger partial charge on any atom is -0.378 e. The molecule has 0 bridgehead atoms. The van der Waals surface area contributed by atoms with Crippen LogP contribution in [0, 0.1) is 13.8 Å². The molecule has 0 aliphatic carbocycles. The molecule has 1 heterocycles. The van der Waals surface area contributed by atoms with Gasteiger partial charge in [0, 0.05) is 13.1 Å². The lowest BCUT2D eigenvalue weighted by atomic mass is 10.1. The molecule has 0 saturated carbocycles. The van der Waals surface area contributed by atoms with Crippen LogP contribution in [0.3, 0.4) is 0 Å². The van der Waals surface area contributed by atoms with Gasteiger partial charge in [0.2, 0.25) is 15.9 Å². The van der Waals surface area contributed by atoms with Crippen LogP contribution in [0.15, 0.2) is 18.2 Å². The number of aryl methyl sites for hydroxylation is 2. The molecule has 0 atom stereocenters. The van der Waals surface area contributed by atoms with Crippen molar-refractivity contribution in [1.82, 2.24) is 4.90 Å². The van der Waals surface area contributed by atoms with Gasteiger partial charge in [0.1, 0.15) is 6.54 Å². The number of carbonyl (C=O) groups is 1. The van der Waals surface area contributed by atoms with Crippen molar-refractivity contribution in [3.63, 3.8) is 0 Å². The van der Waals surface area contributed by atoms with Crippen molar-refractivity contribution < 1.29 is 17.9 Å². The molecule has 0 spiro atoms. The summed E-state index contributed by atoms with van der Waals surface area (Å²) in [5.41, 5.74) is 2.45. The van der Waals surface area contributed by atoms with Crippen molar-refractivity contribution in [3.8, 4) is 0 Å². The number of rotatable bonds is 4. The number of nitrogens with zero attached hydrogens (tertiary/aromatic N) is 2. The number of ether oxygens (including phenoxy) is 1. The highest BCUT2D eigenvalue weighted by Gasteiger charge is 2.25. The molecule has 0 N–H and O–H groups in total. The van der Waals surface area contributed by atoms with Crippen LogP contribution in [0.25, 0.3) is 0 Å². The lowest BCUT2D eigenvalue weighted by molar-refractivity contribution is -0.133. The van der Waals surface area contributed by atoms with E-state index in [0.717, 1.165) is 17.4 Å². The van der Waals surface area contributed by atoms with Gasteiger partial charge in [0.15, 0.2) is 0 Å². The summed E-state index contributed by atoms with van der Waals surface area (Å²) >= 11 is 0. The van der Waals surface area contributed by atoms with Crippen LogP contribution >= 0.6 is 0 Å². The summed E-state index contributed by atoms with van der Waals surface area (Å²) in [6, 6.07) is 5.52. The van der Waals surface area contributed by atoms with Gasteiger partial charge in [-0.25, -0.2) is 8.42 Å². The Labute approximate surface area is 131 Å². The molecule has 1 amide bonds. The Bertz CT molecular complexity index is 631. The predicted octanol–water partition coefficient (Wildman–Crippen LogP) is 0.928. The average molecular weight is 326 g/mol. The third kappa shape index (κ3) is 4.20. The number of amides is 1. The fourth-order valence-electron chi connectivity index (χ4n) is 2.53. The summed E-state index contributed by atoms with van der Waals surface area (Å²) in [7, 11) is -3.53. The topological polar surface area (TPSA) is 66.9 Å². The molecule has 122 valence electrons. The van der Waals surface area contributed by atoms with E-state index >= 15 is 0 Å². The quantitative estimate of drug-likeness (QED) is 0.825. The Morgan fingerprint density at radius 1 is 1.18 bits per heavy atom. The molecule has 0 aromatic heterocycles. The van der Waals surface area contributed by atoms with Gasteiger partial charge in [0.05, 0.1) is 25.2 Å². The third-order valence-electron chi connectivity index (χ3n) is 3.54. The second-order valence-electron chi connectivity index (χ2n) is 5.61. The molecule has 2 rings (SSSR count). The van der Waals surface area contributed by atoms with Crippen LogP contribution < -0.4 is 4.31 Å². The number of hydrogen-bond acceptors (Lipinski definition) is 4. The standard InChI is InChI=1S/C15H22N2O4S/c1-12-8-13(2)10-14(9-12)17(22(3,19)20)11-15(18)16-4-6-21-7-5-16/h8-10H,4-7,11H2,1-3H3. The zero-order chi connectivity index (χ0) is 16.3. The molecule has 1 aliphatic rings. The van der Waals surface area contributed by atoms with Crippen molar-refractivity contribution in [2.24, 2.45) is 0 Å². The maximum Gasteiger partial charge on any atom is 0.243 e. The van der Waals surface area contributed by atoms with Gasteiger partial charge in [-0.1, -0.05) is 6.07 Å². The van der Waals surface area contributed by atoms with Crippen LogP contribution in [0.5, 0.6) is 0 Å². The molecule has 0 radical (unpaired) electrons. The molecular formula is C15H22N2O4S. The van der Waals surface area contributed by atoms with E-state index in [0.29, 0.717) is 32.0 Å². The molecule has 7 heteroatoms. The monoisotopic (exact) mass is 326 g/mol. The molecule has 22 heavy (non-hydrogen) atoms. The van der Waals surface area contributed by atoms with E-state index in [9.17, 15) is 13.2 Å². The first-order chi connectivity index (χ1) is 10.3. The Hall–Kier alpha value is -1.60.